The van der Waals surface area contributed by atoms with Gasteiger partial charge < -0.3 is 0 Å². The quantitative estimate of drug-likeness (QED) is 0.750. The van der Waals surface area contributed by atoms with E-state index in [0.29, 0.717) is 12.9 Å². The number of benzene rings is 1. The van der Waals surface area contributed by atoms with Gasteiger partial charge in [-0.1, -0.05) is 0 Å². The van der Waals surface area contributed by atoms with E-state index in [1.54, 1.807) is 0 Å². The molecule has 1 heterocycles. The molecule has 1 aromatic carbocycles. The Hall–Kier alpha value is 0.0751. The van der Waals surface area contributed by atoms with Crippen LogP contribution in [0.4, 0.5) is 0 Å². The van der Waals surface area contributed by atoms with Crippen LogP contribution in [0, 0.1) is 0 Å². The molecule has 0 saturated carbocycles. The molecule has 2 rings (SSSR count). The van der Waals surface area contributed by atoms with Crippen LogP contribution in [-0.2, 0) is 14.0 Å². The summed E-state index contributed by atoms with van der Waals surface area (Å²) >= 11 is -2.26. The number of hydrogen-bond donors (Lipinski definition) is 0. The van der Waals surface area contributed by atoms with E-state index < -0.39 is 21.9 Å². The van der Waals surface area contributed by atoms with E-state index in [1.807, 2.05) is 0 Å². The summed E-state index contributed by atoms with van der Waals surface area (Å²) in [5.74, 6) is 0. The molecule has 0 N–H and O–H groups in total. The van der Waals surface area contributed by atoms with Crippen LogP contribution in [0.25, 0.3) is 0 Å². The van der Waals surface area contributed by atoms with Gasteiger partial charge in [-0.2, -0.15) is 0 Å². The second-order valence-electron chi connectivity index (χ2n) is 7.59. The molecule has 1 aliphatic rings. The zero-order chi connectivity index (χ0) is 14.3. The predicted octanol–water partition coefficient (Wildman–Crippen LogP) is 3.52. The molecule has 1 aromatic rings. The van der Waals surface area contributed by atoms with Gasteiger partial charge in [0, 0.05) is 0 Å². The molecule has 0 unspecified atom stereocenters. The van der Waals surface area contributed by atoms with Crippen LogP contribution in [0.3, 0.4) is 0 Å². The molecular formula is C15H24BInO2. The first-order valence-corrected chi connectivity index (χ1v) is 11.7. The van der Waals surface area contributed by atoms with E-state index >= 15 is 0 Å². The van der Waals surface area contributed by atoms with Crippen LogP contribution in [0.2, 0.25) is 6.34 Å². The molecule has 0 fully saturated rings. The zero-order valence-electron chi connectivity index (χ0n) is 13.0. The summed E-state index contributed by atoms with van der Waals surface area (Å²) in [6.45, 7) is 14.6. The molecule has 0 radical (unpaired) electrons. The Bertz CT molecular complexity index is 434. The molecule has 0 spiro atoms. The van der Waals surface area contributed by atoms with E-state index in [0.717, 1.165) is 0 Å². The van der Waals surface area contributed by atoms with E-state index in [9.17, 15) is 0 Å². The molecule has 19 heavy (non-hydrogen) atoms. The summed E-state index contributed by atoms with van der Waals surface area (Å²) in [6, 6.07) is 8.42. The van der Waals surface area contributed by atoms with Crippen molar-refractivity contribution in [2.75, 3.05) is 0 Å². The van der Waals surface area contributed by atoms with Crippen LogP contribution < -0.4 is 5.46 Å². The standard InChI is InChI=1S/C7H6BO2.2C4H9.In/c9-8-7-4-2-1-3-6(7)5-10-8;2*1-4(2)3;/h1-4H,5H2;2*1-3H3;/q-1;;;+1. The first-order chi connectivity index (χ1) is 8.69. The summed E-state index contributed by atoms with van der Waals surface area (Å²) in [4.78, 5) is 0. The van der Waals surface area contributed by atoms with Crippen molar-refractivity contribution in [2.24, 2.45) is 0 Å². The van der Waals surface area contributed by atoms with E-state index in [2.05, 4.69) is 65.8 Å². The molecule has 2 nitrogen and oxygen atoms in total. The first-order valence-electron chi connectivity index (χ1n) is 7.04. The van der Waals surface area contributed by atoms with Crippen molar-refractivity contribution in [1.82, 2.24) is 0 Å². The second-order valence-corrected chi connectivity index (χ2v) is 20.4. The second kappa shape index (κ2) is 5.46. The summed E-state index contributed by atoms with van der Waals surface area (Å²) < 4.78 is 13.0. The average Bonchev–Trinajstić information content (AvgIpc) is 2.66. The Labute approximate surface area is 126 Å². The average molecular weight is 362 g/mol. The van der Waals surface area contributed by atoms with Crippen LogP contribution in [0.5, 0.6) is 0 Å². The molecule has 0 aromatic heterocycles. The summed E-state index contributed by atoms with van der Waals surface area (Å²) in [7, 11) is -0.129. The Morgan fingerprint density at radius 1 is 1.05 bits per heavy atom. The minimum atomic E-state index is -2.26. The number of fused-ring (bicyclic) bond motifs is 1. The molecule has 0 saturated heterocycles. The Balaban J connectivity index is 2.21. The Morgan fingerprint density at radius 2 is 1.63 bits per heavy atom. The van der Waals surface area contributed by atoms with Crippen molar-refractivity contribution in [3.05, 3.63) is 29.8 Å². The third-order valence-corrected chi connectivity index (χ3v) is 14.0. The van der Waals surface area contributed by atoms with Crippen molar-refractivity contribution in [3.8, 4) is 0 Å². The molecule has 0 aliphatic carbocycles. The summed E-state index contributed by atoms with van der Waals surface area (Å²) in [6.07, 6.45) is 0. The van der Waals surface area contributed by atoms with Crippen molar-refractivity contribution in [3.63, 3.8) is 0 Å². The van der Waals surface area contributed by atoms with Gasteiger partial charge in [-0.25, -0.2) is 0 Å². The molecule has 0 atom stereocenters. The van der Waals surface area contributed by atoms with Gasteiger partial charge in [0.1, 0.15) is 0 Å². The van der Waals surface area contributed by atoms with E-state index in [4.69, 9.17) is 7.43 Å². The van der Waals surface area contributed by atoms with Crippen molar-refractivity contribution in [2.45, 2.75) is 54.5 Å². The number of hydrogen-bond acceptors (Lipinski definition) is 2. The monoisotopic (exact) mass is 362 g/mol. The molecule has 4 heteroatoms. The maximum absolute atomic E-state index is 6.55. The van der Waals surface area contributed by atoms with Crippen LogP contribution in [0.15, 0.2) is 24.3 Å². The molecule has 0 amide bonds. The van der Waals surface area contributed by atoms with Gasteiger partial charge in [-0.05, 0) is 0 Å². The van der Waals surface area contributed by atoms with Gasteiger partial charge in [-0.3, -0.25) is 0 Å². The predicted molar refractivity (Wildman–Crippen MR) is 82.9 cm³/mol. The summed E-state index contributed by atoms with van der Waals surface area (Å²) in [5, 5.41) is 0. The molecule has 0 bridgehead atoms. The number of rotatable bonds is 2. The summed E-state index contributed by atoms with van der Waals surface area (Å²) in [5.41, 5.74) is 2.51. The van der Waals surface area contributed by atoms with Gasteiger partial charge in [-0.15, -0.1) is 0 Å². The third kappa shape index (κ3) is 3.59. The van der Waals surface area contributed by atoms with E-state index in [-0.39, 0.29) is 7.12 Å². The topological polar surface area (TPSA) is 18.5 Å². The fourth-order valence-corrected chi connectivity index (χ4v) is 14.2. The minimum absolute atomic E-state index is 0.129. The zero-order valence-corrected chi connectivity index (χ0v) is 16.3. The van der Waals surface area contributed by atoms with Crippen LogP contribution in [-0.4, -0.2) is 29.0 Å². The Morgan fingerprint density at radius 3 is 2.21 bits per heavy atom. The van der Waals surface area contributed by atoms with Crippen molar-refractivity contribution >= 4 is 34.5 Å². The van der Waals surface area contributed by atoms with Crippen molar-refractivity contribution < 1.29 is 7.43 Å². The fraction of sp³-hybridized carbons (Fsp3) is 0.600. The SMILES string of the molecule is C[C](C)(C)[In]([O]B1OCc2ccccc21)[C](C)(C)C. The molecule has 1 aliphatic heterocycles. The molecule has 102 valence electrons. The van der Waals surface area contributed by atoms with Crippen LogP contribution >= 0.6 is 0 Å². The third-order valence-electron chi connectivity index (χ3n) is 3.53. The molecular weight excluding hydrogens is 338 g/mol. The fourth-order valence-electron chi connectivity index (χ4n) is 3.09. The van der Waals surface area contributed by atoms with Gasteiger partial charge in [0.2, 0.25) is 0 Å². The Kier molecular flexibility index (Phi) is 4.44. The normalized spacial score (nSPS) is 15.6. The van der Waals surface area contributed by atoms with Gasteiger partial charge in [0.15, 0.2) is 0 Å². The van der Waals surface area contributed by atoms with E-state index in [1.165, 1.54) is 11.0 Å². The van der Waals surface area contributed by atoms with Gasteiger partial charge in [0.25, 0.3) is 0 Å². The van der Waals surface area contributed by atoms with Crippen LogP contribution in [0.1, 0.15) is 47.1 Å². The van der Waals surface area contributed by atoms with Crippen molar-refractivity contribution in [1.29, 1.82) is 0 Å². The van der Waals surface area contributed by atoms with Gasteiger partial charge in [0.05, 0.1) is 0 Å². The maximum atomic E-state index is 6.55. The first kappa shape index (κ1) is 15.5. The van der Waals surface area contributed by atoms with Gasteiger partial charge >= 0.3 is 126 Å².